The maximum absolute atomic E-state index is 12.8. The van der Waals surface area contributed by atoms with Crippen LogP contribution in [0.1, 0.15) is 59.4 Å². The van der Waals surface area contributed by atoms with Crippen LogP contribution in [-0.4, -0.2) is 34.0 Å². The van der Waals surface area contributed by atoms with Gasteiger partial charge in [-0.3, -0.25) is 9.59 Å². The molecule has 7 heteroatoms. The maximum atomic E-state index is 12.8. The van der Waals surface area contributed by atoms with Gasteiger partial charge >= 0.3 is 0 Å². The fraction of sp³-hybridized carbons (Fsp3) is 0.450. The molecule has 0 radical (unpaired) electrons. The first-order valence-electron chi connectivity index (χ1n) is 9.60. The Morgan fingerprint density at radius 2 is 1.96 bits per heavy atom. The summed E-state index contributed by atoms with van der Waals surface area (Å²) < 4.78 is 7.33. The van der Waals surface area contributed by atoms with Gasteiger partial charge in [-0.1, -0.05) is 0 Å². The number of nitrogens with zero attached hydrogens (tertiary/aromatic N) is 2. The third kappa shape index (κ3) is 3.82. The molecular formula is C20H24N4O3. The van der Waals surface area contributed by atoms with E-state index in [9.17, 15) is 9.59 Å². The molecule has 2 heterocycles. The topological polar surface area (TPSA) is 85.2 Å². The van der Waals surface area contributed by atoms with Crippen LogP contribution in [0.25, 0.3) is 0 Å². The summed E-state index contributed by atoms with van der Waals surface area (Å²) in [5.74, 6) is 0.651. The van der Waals surface area contributed by atoms with Crippen LogP contribution < -0.4 is 15.4 Å². The molecule has 0 spiro atoms. The zero-order valence-electron chi connectivity index (χ0n) is 15.5. The standard InChI is InChI=1S/C20H24N4O3/c1-2-27-15-10-8-14(9-11-15)21-19(25)17-16-5-3-4-12-24(16)18(23-17)20(26)22-13-6-7-13/h8-11,13H,2-7,12H2,1H3,(H,21,25)(H,22,26). The van der Waals surface area contributed by atoms with E-state index in [-0.39, 0.29) is 17.9 Å². The number of fused-ring (bicyclic) bond motifs is 1. The molecule has 0 atom stereocenters. The number of rotatable bonds is 6. The highest BCUT2D eigenvalue weighted by molar-refractivity contribution is 6.05. The number of aromatic nitrogens is 2. The zero-order valence-corrected chi connectivity index (χ0v) is 15.5. The number of anilines is 1. The number of imidazole rings is 1. The Hall–Kier alpha value is -2.83. The van der Waals surface area contributed by atoms with E-state index >= 15 is 0 Å². The number of hydrogen-bond acceptors (Lipinski definition) is 4. The molecule has 2 N–H and O–H groups in total. The van der Waals surface area contributed by atoms with Crippen molar-refractivity contribution in [1.29, 1.82) is 0 Å². The molecule has 2 aromatic rings. The summed E-state index contributed by atoms with van der Waals surface area (Å²) >= 11 is 0. The Labute approximate surface area is 158 Å². The molecule has 1 saturated carbocycles. The highest BCUT2D eigenvalue weighted by atomic mass is 16.5. The van der Waals surface area contributed by atoms with E-state index in [1.165, 1.54) is 0 Å². The van der Waals surface area contributed by atoms with Gasteiger partial charge in [-0.05, 0) is 63.3 Å². The molecule has 1 aromatic heterocycles. The highest BCUT2D eigenvalue weighted by Crippen LogP contribution is 2.24. The summed E-state index contributed by atoms with van der Waals surface area (Å²) in [7, 11) is 0. The molecule has 1 aliphatic carbocycles. The minimum absolute atomic E-state index is 0.180. The number of hydrogen-bond donors (Lipinski definition) is 2. The summed E-state index contributed by atoms with van der Waals surface area (Å²) in [5, 5.41) is 5.85. The molecule has 2 aliphatic rings. The Morgan fingerprint density at radius 1 is 1.19 bits per heavy atom. The van der Waals surface area contributed by atoms with Gasteiger partial charge in [-0.2, -0.15) is 0 Å². The lowest BCUT2D eigenvalue weighted by atomic mass is 10.1. The van der Waals surface area contributed by atoms with Gasteiger partial charge in [0.25, 0.3) is 11.8 Å². The van der Waals surface area contributed by atoms with Crippen molar-refractivity contribution in [3.8, 4) is 5.75 Å². The fourth-order valence-electron chi connectivity index (χ4n) is 3.37. The second kappa shape index (κ2) is 7.42. The van der Waals surface area contributed by atoms with Crippen LogP contribution in [-0.2, 0) is 13.0 Å². The molecule has 0 unspecified atom stereocenters. The largest absolute Gasteiger partial charge is 0.494 e. The molecule has 0 saturated heterocycles. The van der Waals surface area contributed by atoms with Crippen molar-refractivity contribution in [3.63, 3.8) is 0 Å². The molecule has 0 bridgehead atoms. The van der Waals surface area contributed by atoms with E-state index in [1.54, 1.807) is 12.1 Å². The van der Waals surface area contributed by atoms with E-state index in [4.69, 9.17) is 4.74 Å². The van der Waals surface area contributed by atoms with Crippen molar-refractivity contribution >= 4 is 17.5 Å². The van der Waals surface area contributed by atoms with Crippen LogP contribution in [0.4, 0.5) is 5.69 Å². The van der Waals surface area contributed by atoms with Gasteiger partial charge in [0.15, 0.2) is 11.5 Å². The van der Waals surface area contributed by atoms with Crippen molar-refractivity contribution in [2.75, 3.05) is 11.9 Å². The highest BCUT2D eigenvalue weighted by Gasteiger charge is 2.30. The second-order valence-corrected chi connectivity index (χ2v) is 7.00. The number of carbonyl (C=O) groups excluding carboxylic acids is 2. The zero-order chi connectivity index (χ0) is 18.8. The van der Waals surface area contributed by atoms with Gasteiger partial charge in [0.2, 0.25) is 0 Å². The third-order valence-electron chi connectivity index (χ3n) is 4.87. The van der Waals surface area contributed by atoms with Crippen molar-refractivity contribution in [3.05, 3.63) is 41.5 Å². The van der Waals surface area contributed by atoms with Crippen molar-refractivity contribution in [2.45, 2.75) is 51.6 Å². The predicted octanol–water partition coefficient (Wildman–Crippen LogP) is 2.76. The smallest absolute Gasteiger partial charge is 0.287 e. The first-order chi connectivity index (χ1) is 13.2. The second-order valence-electron chi connectivity index (χ2n) is 7.00. The van der Waals surface area contributed by atoms with Gasteiger partial charge in [0, 0.05) is 18.3 Å². The van der Waals surface area contributed by atoms with Crippen molar-refractivity contribution in [1.82, 2.24) is 14.9 Å². The fourth-order valence-corrected chi connectivity index (χ4v) is 3.37. The molecule has 1 aromatic carbocycles. The third-order valence-corrected chi connectivity index (χ3v) is 4.87. The van der Waals surface area contributed by atoms with Crippen molar-refractivity contribution in [2.24, 2.45) is 0 Å². The van der Waals surface area contributed by atoms with Crippen LogP contribution in [0.5, 0.6) is 5.75 Å². The quantitative estimate of drug-likeness (QED) is 0.821. The predicted molar refractivity (Wildman–Crippen MR) is 101 cm³/mol. The van der Waals surface area contributed by atoms with Crippen LogP contribution in [0, 0.1) is 0 Å². The molecule has 2 amide bonds. The Morgan fingerprint density at radius 3 is 2.67 bits per heavy atom. The molecule has 27 heavy (non-hydrogen) atoms. The number of carbonyl (C=O) groups is 2. The Balaban J connectivity index is 1.55. The minimum Gasteiger partial charge on any atom is -0.494 e. The van der Waals surface area contributed by atoms with Crippen LogP contribution >= 0.6 is 0 Å². The average Bonchev–Trinajstić information content (AvgIpc) is 3.40. The first-order valence-corrected chi connectivity index (χ1v) is 9.60. The lowest BCUT2D eigenvalue weighted by Gasteiger charge is -2.17. The Bertz CT molecular complexity index is 853. The van der Waals surface area contributed by atoms with E-state index in [0.29, 0.717) is 23.8 Å². The summed E-state index contributed by atoms with van der Waals surface area (Å²) in [6.45, 7) is 3.25. The van der Waals surface area contributed by atoms with Gasteiger partial charge in [0.05, 0.1) is 12.3 Å². The monoisotopic (exact) mass is 368 g/mol. The Kier molecular flexibility index (Phi) is 4.83. The summed E-state index contributed by atoms with van der Waals surface area (Å²) in [5.41, 5.74) is 1.88. The maximum Gasteiger partial charge on any atom is 0.287 e. The van der Waals surface area contributed by atoms with Crippen LogP contribution in [0.3, 0.4) is 0 Å². The molecule has 4 rings (SSSR count). The molecule has 1 fully saturated rings. The first kappa shape index (κ1) is 17.6. The summed E-state index contributed by atoms with van der Waals surface area (Å²) in [6, 6.07) is 7.49. The van der Waals surface area contributed by atoms with E-state index in [0.717, 1.165) is 50.1 Å². The van der Waals surface area contributed by atoms with E-state index in [2.05, 4.69) is 15.6 Å². The number of ether oxygens (including phenoxy) is 1. The van der Waals surface area contributed by atoms with Crippen LogP contribution in [0.15, 0.2) is 24.3 Å². The molecular weight excluding hydrogens is 344 g/mol. The van der Waals surface area contributed by atoms with Gasteiger partial charge in [-0.25, -0.2) is 4.98 Å². The van der Waals surface area contributed by atoms with Crippen LogP contribution in [0.2, 0.25) is 0 Å². The van der Waals surface area contributed by atoms with Gasteiger partial charge in [-0.15, -0.1) is 0 Å². The number of benzene rings is 1. The SMILES string of the molecule is CCOc1ccc(NC(=O)c2nc(C(=O)NC3CC3)n3c2CCCC3)cc1. The lowest BCUT2D eigenvalue weighted by molar-refractivity contribution is 0.0935. The van der Waals surface area contributed by atoms with E-state index < -0.39 is 0 Å². The summed E-state index contributed by atoms with van der Waals surface area (Å²) in [4.78, 5) is 29.8. The lowest BCUT2D eigenvalue weighted by Crippen LogP contribution is -2.29. The molecule has 1 aliphatic heterocycles. The minimum atomic E-state index is -0.282. The van der Waals surface area contributed by atoms with E-state index in [1.807, 2.05) is 23.6 Å². The van der Waals surface area contributed by atoms with Gasteiger partial charge in [0.1, 0.15) is 5.75 Å². The number of nitrogens with one attached hydrogen (secondary N) is 2. The number of amides is 2. The molecule has 7 nitrogen and oxygen atoms in total. The van der Waals surface area contributed by atoms with Gasteiger partial charge < -0.3 is 19.9 Å². The van der Waals surface area contributed by atoms with Crippen molar-refractivity contribution < 1.29 is 14.3 Å². The molecule has 142 valence electrons. The normalized spacial score (nSPS) is 15.7. The summed E-state index contributed by atoms with van der Waals surface area (Å²) in [6.07, 6.45) is 4.79. The average molecular weight is 368 g/mol.